The Kier molecular flexibility index (Phi) is 5.20. The maximum atomic E-state index is 12.0. The van der Waals surface area contributed by atoms with Crippen molar-refractivity contribution in [3.63, 3.8) is 0 Å². The topological polar surface area (TPSA) is 115 Å². The van der Waals surface area contributed by atoms with E-state index in [0.717, 1.165) is 5.56 Å². The molecule has 0 atom stereocenters. The van der Waals surface area contributed by atoms with Gasteiger partial charge in [0, 0.05) is 6.07 Å². The zero-order valence-corrected chi connectivity index (χ0v) is 12.6. The number of aromatic nitrogens is 2. The van der Waals surface area contributed by atoms with Crippen molar-refractivity contribution in [1.29, 1.82) is 0 Å². The maximum absolute atomic E-state index is 12.0. The second-order valence-electron chi connectivity index (χ2n) is 4.99. The van der Waals surface area contributed by atoms with E-state index in [1.165, 1.54) is 30.3 Å². The van der Waals surface area contributed by atoms with Crippen LogP contribution >= 0.6 is 0 Å². The molecule has 2 rings (SSSR count). The Bertz CT molecular complexity index is 844. The molecule has 1 heterocycles. The van der Waals surface area contributed by atoms with E-state index >= 15 is 0 Å². The third-order valence-electron chi connectivity index (χ3n) is 3.09. The van der Waals surface area contributed by atoms with E-state index < -0.39 is 18.1 Å². The summed E-state index contributed by atoms with van der Waals surface area (Å²) in [4.78, 5) is 39.6. The van der Waals surface area contributed by atoms with Crippen LogP contribution in [0, 0.1) is 0 Å². The number of nitrogens with zero attached hydrogens (tertiary/aromatic N) is 1. The lowest BCUT2D eigenvalue weighted by Gasteiger charge is -2.06. The predicted molar refractivity (Wildman–Crippen MR) is 79.6 cm³/mol. The Morgan fingerprint density at radius 2 is 1.80 bits per heavy atom. The fourth-order valence-corrected chi connectivity index (χ4v) is 1.94. The first-order valence-electron chi connectivity index (χ1n) is 6.93. The van der Waals surface area contributed by atoms with Crippen molar-refractivity contribution >= 4 is 17.9 Å². The zero-order valence-electron chi connectivity index (χ0n) is 12.6. The highest BCUT2D eigenvalue weighted by molar-refractivity contribution is 5.98. The van der Waals surface area contributed by atoms with Gasteiger partial charge in [0.15, 0.2) is 0 Å². The number of aromatic amines is 1. The highest BCUT2D eigenvalue weighted by atomic mass is 19.4. The molecular formula is C15H12F3N3O4. The van der Waals surface area contributed by atoms with Gasteiger partial charge >= 0.3 is 18.1 Å². The van der Waals surface area contributed by atoms with E-state index in [2.05, 4.69) is 14.7 Å². The number of nitrogens with two attached hydrogens (primary N) is 1. The summed E-state index contributed by atoms with van der Waals surface area (Å²) in [6.07, 6.45) is -4.39. The SMILES string of the molecule is Nc1nc(CCc2ccc(C(=O)OC(=O)C(F)(F)F)cc2)cc(=O)[nH]1. The van der Waals surface area contributed by atoms with Gasteiger partial charge in [0.1, 0.15) is 0 Å². The Labute approximate surface area is 138 Å². The van der Waals surface area contributed by atoms with Crippen LogP contribution in [0.5, 0.6) is 0 Å². The van der Waals surface area contributed by atoms with E-state index in [-0.39, 0.29) is 17.1 Å². The van der Waals surface area contributed by atoms with Crippen LogP contribution in [0.3, 0.4) is 0 Å². The number of ether oxygens (including phenoxy) is 1. The molecule has 10 heteroatoms. The number of nitrogen functional groups attached to an aromatic ring is 1. The van der Waals surface area contributed by atoms with Crippen LogP contribution in [0.15, 0.2) is 35.1 Å². The molecule has 1 aromatic carbocycles. The number of carbonyl (C=O) groups excluding carboxylic acids is 2. The molecule has 132 valence electrons. The molecule has 0 fully saturated rings. The molecular weight excluding hydrogens is 343 g/mol. The van der Waals surface area contributed by atoms with Gasteiger partial charge in [-0.15, -0.1) is 0 Å². The van der Waals surface area contributed by atoms with Gasteiger partial charge in [-0.2, -0.15) is 13.2 Å². The minimum absolute atomic E-state index is 0.00470. The molecule has 2 aromatic rings. The number of benzene rings is 1. The van der Waals surface area contributed by atoms with Crippen LogP contribution in [-0.4, -0.2) is 28.1 Å². The normalized spacial score (nSPS) is 11.2. The summed E-state index contributed by atoms with van der Waals surface area (Å²) in [6, 6.07) is 6.75. The van der Waals surface area contributed by atoms with Crippen molar-refractivity contribution in [3.05, 3.63) is 57.5 Å². The number of alkyl halides is 3. The highest BCUT2D eigenvalue weighted by Crippen LogP contribution is 2.18. The van der Waals surface area contributed by atoms with Crippen molar-refractivity contribution in [3.8, 4) is 0 Å². The molecule has 25 heavy (non-hydrogen) atoms. The fraction of sp³-hybridized carbons (Fsp3) is 0.200. The van der Waals surface area contributed by atoms with E-state index in [4.69, 9.17) is 5.73 Å². The molecule has 0 unspecified atom stereocenters. The maximum Gasteiger partial charge on any atom is 0.491 e. The Hall–Kier alpha value is -3.17. The predicted octanol–water partition coefficient (Wildman–Crippen LogP) is 1.38. The first kappa shape index (κ1) is 18.2. The summed E-state index contributed by atoms with van der Waals surface area (Å²) < 4.78 is 39.9. The van der Waals surface area contributed by atoms with Crippen molar-refractivity contribution < 1.29 is 27.5 Å². The summed E-state index contributed by atoms with van der Waals surface area (Å²) in [5.41, 5.74) is 6.06. The number of anilines is 1. The highest BCUT2D eigenvalue weighted by Gasteiger charge is 2.42. The molecule has 3 N–H and O–H groups in total. The van der Waals surface area contributed by atoms with Gasteiger partial charge in [-0.25, -0.2) is 14.6 Å². The van der Waals surface area contributed by atoms with Crippen LogP contribution < -0.4 is 11.3 Å². The van der Waals surface area contributed by atoms with Crippen molar-refractivity contribution in [1.82, 2.24) is 9.97 Å². The van der Waals surface area contributed by atoms with Crippen molar-refractivity contribution in [2.24, 2.45) is 0 Å². The molecule has 0 spiro atoms. The number of hydrogen-bond acceptors (Lipinski definition) is 6. The molecule has 0 aliphatic heterocycles. The van der Waals surface area contributed by atoms with Gasteiger partial charge in [-0.3, -0.25) is 9.78 Å². The molecule has 0 saturated heterocycles. The monoisotopic (exact) mass is 355 g/mol. The second kappa shape index (κ2) is 7.16. The summed E-state index contributed by atoms with van der Waals surface area (Å²) in [5.74, 6) is -3.97. The fourth-order valence-electron chi connectivity index (χ4n) is 1.94. The Morgan fingerprint density at radius 1 is 1.16 bits per heavy atom. The third-order valence-corrected chi connectivity index (χ3v) is 3.09. The second-order valence-corrected chi connectivity index (χ2v) is 4.99. The summed E-state index contributed by atoms with van der Waals surface area (Å²) in [6.45, 7) is 0. The number of H-pyrrole nitrogens is 1. The lowest BCUT2D eigenvalue weighted by atomic mass is 10.1. The minimum atomic E-state index is -5.24. The number of esters is 2. The van der Waals surface area contributed by atoms with E-state index in [0.29, 0.717) is 18.5 Å². The smallest absolute Gasteiger partial charge is 0.383 e. The molecule has 0 amide bonds. The van der Waals surface area contributed by atoms with Gasteiger partial charge in [0.2, 0.25) is 5.95 Å². The Balaban J connectivity index is 1.98. The van der Waals surface area contributed by atoms with Gasteiger partial charge in [-0.05, 0) is 30.5 Å². The summed E-state index contributed by atoms with van der Waals surface area (Å²) in [5, 5.41) is 0. The molecule has 1 aromatic heterocycles. The van der Waals surface area contributed by atoms with E-state index in [9.17, 15) is 27.6 Å². The van der Waals surface area contributed by atoms with Crippen molar-refractivity contribution in [2.75, 3.05) is 5.73 Å². The van der Waals surface area contributed by atoms with Gasteiger partial charge in [0.05, 0.1) is 11.3 Å². The summed E-state index contributed by atoms with van der Waals surface area (Å²) in [7, 11) is 0. The number of aryl methyl sites for hydroxylation is 2. The summed E-state index contributed by atoms with van der Waals surface area (Å²) >= 11 is 0. The molecule has 0 bridgehead atoms. The average molecular weight is 355 g/mol. The molecule has 7 nitrogen and oxygen atoms in total. The first-order valence-corrected chi connectivity index (χ1v) is 6.93. The zero-order chi connectivity index (χ0) is 18.6. The van der Waals surface area contributed by atoms with Crippen LogP contribution in [0.4, 0.5) is 19.1 Å². The van der Waals surface area contributed by atoms with Gasteiger partial charge < -0.3 is 10.5 Å². The van der Waals surface area contributed by atoms with Crippen LogP contribution in [0.2, 0.25) is 0 Å². The number of hydrogen-bond donors (Lipinski definition) is 2. The molecule has 0 radical (unpaired) electrons. The van der Waals surface area contributed by atoms with Crippen LogP contribution in [0.1, 0.15) is 21.6 Å². The van der Waals surface area contributed by atoms with Crippen LogP contribution in [0.25, 0.3) is 0 Å². The van der Waals surface area contributed by atoms with Crippen LogP contribution in [-0.2, 0) is 22.4 Å². The number of halogens is 3. The standard InChI is InChI=1S/C15H12F3N3O4/c16-15(17,18)13(24)25-12(23)9-4-1-8(2-5-9)3-6-10-7-11(22)21-14(19)20-10/h1-2,4-5,7H,3,6H2,(H3,19,20,21,22). The molecule has 0 saturated carbocycles. The van der Waals surface area contributed by atoms with Crippen molar-refractivity contribution in [2.45, 2.75) is 19.0 Å². The lowest BCUT2D eigenvalue weighted by Crippen LogP contribution is -2.28. The average Bonchev–Trinajstić information content (AvgIpc) is 2.51. The number of carbonyl (C=O) groups is 2. The van der Waals surface area contributed by atoms with E-state index in [1.807, 2.05) is 0 Å². The van der Waals surface area contributed by atoms with E-state index in [1.54, 1.807) is 0 Å². The number of rotatable bonds is 4. The minimum Gasteiger partial charge on any atom is -0.383 e. The van der Waals surface area contributed by atoms with Gasteiger partial charge in [0.25, 0.3) is 5.56 Å². The Morgan fingerprint density at radius 3 is 2.36 bits per heavy atom. The largest absolute Gasteiger partial charge is 0.491 e. The lowest BCUT2D eigenvalue weighted by molar-refractivity contribution is -0.193. The first-order chi connectivity index (χ1) is 11.6. The number of nitrogens with one attached hydrogen (secondary N) is 1. The van der Waals surface area contributed by atoms with Gasteiger partial charge in [-0.1, -0.05) is 12.1 Å². The third kappa shape index (κ3) is 5.16. The quantitative estimate of drug-likeness (QED) is 0.632. The molecule has 0 aliphatic rings. The molecule has 0 aliphatic carbocycles.